The van der Waals surface area contributed by atoms with E-state index in [0.29, 0.717) is 40.3 Å². The second-order valence-electron chi connectivity index (χ2n) is 7.77. The van der Waals surface area contributed by atoms with Crippen molar-refractivity contribution in [2.24, 2.45) is 5.92 Å². The van der Waals surface area contributed by atoms with Crippen molar-refractivity contribution in [3.63, 3.8) is 0 Å². The van der Waals surface area contributed by atoms with Crippen LogP contribution in [0.4, 0.5) is 5.69 Å². The molecule has 0 radical (unpaired) electrons. The van der Waals surface area contributed by atoms with Crippen molar-refractivity contribution >= 4 is 23.2 Å². The monoisotopic (exact) mass is 441 g/mol. The maximum absolute atomic E-state index is 12.8. The van der Waals surface area contributed by atoms with E-state index in [0.717, 1.165) is 24.4 Å². The van der Waals surface area contributed by atoms with Gasteiger partial charge in [-0.25, -0.2) is 4.98 Å². The van der Waals surface area contributed by atoms with Gasteiger partial charge in [-0.2, -0.15) is 0 Å². The van der Waals surface area contributed by atoms with E-state index in [1.54, 1.807) is 18.3 Å². The number of carbonyl (C=O) groups is 1. The number of ether oxygens (including phenoxy) is 2. The molecule has 0 fully saturated rings. The first-order valence-corrected chi connectivity index (χ1v) is 10.6. The third kappa shape index (κ3) is 6.01. The van der Waals surface area contributed by atoms with Crippen molar-refractivity contribution in [3.8, 4) is 11.5 Å². The number of amides is 1. The summed E-state index contributed by atoms with van der Waals surface area (Å²) in [7, 11) is 1.53. The van der Waals surface area contributed by atoms with Crippen molar-refractivity contribution in [3.05, 3.63) is 70.8 Å². The van der Waals surface area contributed by atoms with E-state index in [1.165, 1.54) is 7.11 Å². The number of hydrogen-bond acceptors (Lipinski definition) is 4. The van der Waals surface area contributed by atoms with Crippen LogP contribution in [0, 0.1) is 12.8 Å². The molecule has 1 aromatic heterocycles. The van der Waals surface area contributed by atoms with Gasteiger partial charge in [-0.05, 0) is 49.1 Å². The van der Waals surface area contributed by atoms with Crippen molar-refractivity contribution in [1.29, 1.82) is 0 Å². The predicted octanol–water partition coefficient (Wildman–Crippen LogP) is 5.58. The number of benzene rings is 2. The Balaban J connectivity index is 1.68. The van der Waals surface area contributed by atoms with Crippen LogP contribution in [-0.4, -0.2) is 29.2 Å². The lowest BCUT2D eigenvalue weighted by molar-refractivity contribution is 0.102. The first-order valence-electron chi connectivity index (χ1n) is 10.3. The van der Waals surface area contributed by atoms with Crippen molar-refractivity contribution < 1.29 is 14.3 Å². The first kappa shape index (κ1) is 22.7. The minimum atomic E-state index is -0.271. The summed E-state index contributed by atoms with van der Waals surface area (Å²) in [5.41, 5.74) is 2.21. The number of halogens is 1. The van der Waals surface area contributed by atoms with Crippen LogP contribution in [-0.2, 0) is 6.54 Å². The van der Waals surface area contributed by atoms with Crippen LogP contribution >= 0.6 is 11.6 Å². The standard InChI is InChI=1S/C24H28ClN3O3/c1-16(2)9-12-31-23-21(25)13-19(14-22(23)30-4)24(29)27-20-7-5-18(6-8-20)15-28-11-10-26-17(28)3/h5-8,10-11,13-14,16H,9,12,15H2,1-4H3,(H,27,29). The van der Waals surface area contributed by atoms with E-state index >= 15 is 0 Å². The van der Waals surface area contributed by atoms with Crippen LogP contribution in [0.15, 0.2) is 48.8 Å². The van der Waals surface area contributed by atoms with Gasteiger partial charge in [0.2, 0.25) is 0 Å². The molecule has 1 N–H and O–H groups in total. The Kier molecular flexibility index (Phi) is 7.58. The number of imidazole rings is 1. The van der Waals surface area contributed by atoms with E-state index in [9.17, 15) is 4.79 Å². The summed E-state index contributed by atoms with van der Waals surface area (Å²) in [5.74, 6) is 2.10. The van der Waals surface area contributed by atoms with E-state index in [-0.39, 0.29) is 5.91 Å². The van der Waals surface area contributed by atoms with Gasteiger partial charge < -0.3 is 19.4 Å². The average molecular weight is 442 g/mol. The molecule has 164 valence electrons. The number of aryl methyl sites for hydroxylation is 1. The van der Waals surface area contributed by atoms with Crippen LogP contribution in [0.25, 0.3) is 0 Å². The Hall–Kier alpha value is -2.99. The SMILES string of the molecule is COc1cc(C(=O)Nc2ccc(Cn3ccnc3C)cc2)cc(Cl)c1OCCC(C)C. The topological polar surface area (TPSA) is 65.4 Å². The molecule has 0 saturated heterocycles. The lowest BCUT2D eigenvalue weighted by Crippen LogP contribution is -2.13. The van der Waals surface area contributed by atoms with Crippen LogP contribution in [0.5, 0.6) is 11.5 Å². The van der Waals surface area contributed by atoms with Gasteiger partial charge >= 0.3 is 0 Å². The zero-order valence-electron chi connectivity index (χ0n) is 18.3. The number of methoxy groups -OCH3 is 1. The largest absolute Gasteiger partial charge is 0.493 e. The summed E-state index contributed by atoms with van der Waals surface area (Å²) in [6.45, 7) is 7.48. The third-order valence-corrected chi connectivity index (χ3v) is 5.20. The molecule has 0 saturated carbocycles. The lowest BCUT2D eigenvalue weighted by atomic mass is 10.1. The fourth-order valence-electron chi connectivity index (χ4n) is 3.05. The number of aromatic nitrogens is 2. The van der Waals surface area contributed by atoms with Gasteiger partial charge in [0.25, 0.3) is 5.91 Å². The molecule has 0 unspecified atom stereocenters. The summed E-state index contributed by atoms with van der Waals surface area (Å²) in [6.07, 6.45) is 4.63. The molecule has 0 aliphatic heterocycles. The molecule has 0 aliphatic carbocycles. The Morgan fingerprint density at radius 1 is 1.23 bits per heavy atom. The summed E-state index contributed by atoms with van der Waals surface area (Å²) in [4.78, 5) is 17.0. The molecule has 3 aromatic rings. The highest BCUT2D eigenvalue weighted by Crippen LogP contribution is 2.37. The molecule has 6 nitrogen and oxygen atoms in total. The second-order valence-corrected chi connectivity index (χ2v) is 8.18. The zero-order valence-corrected chi connectivity index (χ0v) is 19.1. The molecule has 2 aromatic carbocycles. The quantitative estimate of drug-likeness (QED) is 0.470. The molecule has 0 atom stereocenters. The zero-order chi connectivity index (χ0) is 22.4. The van der Waals surface area contributed by atoms with Crippen LogP contribution in [0.2, 0.25) is 5.02 Å². The molecular weight excluding hydrogens is 414 g/mol. The number of rotatable bonds is 9. The lowest BCUT2D eigenvalue weighted by Gasteiger charge is -2.15. The van der Waals surface area contributed by atoms with Crippen molar-refractivity contribution in [2.75, 3.05) is 19.0 Å². The molecule has 0 aliphatic rings. The highest BCUT2D eigenvalue weighted by Gasteiger charge is 2.16. The van der Waals surface area contributed by atoms with Gasteiger partial charge in [0.05, 0.1) is 18.7 Å². The highest BCUT2D eigenvalue weighted by atomic mass is 35.5. The molecule has 1 heterocycles. The van der Waals surface area contributed by atoms with E-state index < -0.39 is 0 Å². The number of carbonyl (C=O) groups excluding carboxylic acids is 1. The van der Waals surface area contributed by atoms with Gasteiger partial charge in [-0.3, -0.25) is 4.79 Å². The van der Waals surface area contributed by atoms with Crippen LogP contribution < -0.4 is 14.8 Å². The average Bonchev–Trinajstić information content (AvgIpc) is 3.14. The maximum Gasteiger partial charge on any atom is 0.255 e. The van der Waals surface area contributed by atoms with E-state index in [4.69, 9.17) is 21.1 Å². The van der Waals surface area contributed by atoms with E-state index in [1.807, 2.05) is 37.4 Å². The van der Waals surface area contributed by atoms with Crippen molar-refractivity contribution in [2.45, 2.75) is 33.7 Å². The number of nitrogens with one attached hydrogen (secondary N) is 1. The van der Waals surface area contributed by atoms with Gasteiger partial charge in [0.1, 0.15) is 5.82 Å². The smallest absolute Gasteiger partial charge is 0.255 e. The molecular formula is C24H28ClN3O3. The molecule has 31 heavy (non-hydrogen) atoms. The molecule has 7 heteroatoms. The van der Waals surface area contributed by atoms with Gasteiger partial charge in [0, 0.05) is 30.2 Å². The highest BCUT2D eigenvalue weighted by molar-refractivity contribution is 6.32. The summed E-state index contributed by atoms with van der Waals surface area (Å²) in [6, 6.07) is 11.0. The number of nitrogens with zero attached hydrogens (tertiary/aromatic N) is 2. The molecule has 0 spiro atoms. The summed E-state index contributed by atoms with van der Waals surface area (Å²) < 4.78 is 13.3. The van der Waals surface area contributed by atoms with Crippen LogP contribution in [0.3, 0.4) is 0 Å². The first-order chi connectivity index (χ1) is 14.9. The second kappa shape index (κ2) is 10.4. The Labute approximate surface area is 188 Å². The maximum atomic E-state index is 12.8. The van der Waals surface area contributed by atoms with Gasteiger partial charge in [-0.15, -0.1) is 0 Å². The summed E-state index contributed by atoms with van der Waals surface area (Å²) >= 11 is 6.38. The number of anilines is 1. The fraction of sp³-hybridized carbons (Fsp3) is 0.333. The molecule has 1 amide bonds. The predicted molar refractivity (Wildman–Crippen MR) is 123 cm³/mol. The summed E-state index contributed by atoms with van der Waals surface area (Å²) in [5, 5.41) is 3.25. The minimum absolute atomic E-state index is 0.271. The van der Waals surface area contributed by atoms with Crippen LogP contribution in [0.1, 0.15) is 42.0 Å². The van der Waals surface area contributed by atoms with Gasteiger partial charge in [0.15, 0.2) is 11.5 Å². The van der Waals surface area contributed by atoms with Crippen molar-refractivity contribution in [1.82, 2.24) is 9.55 Å². The molecule has 3 rings (SSSR count). The normalized spacial score (nSPS) is 10.9. The van der Waals surface area contributed by atoms with E-state index in [2.05, 4.69) is 28.7 Å². The fourth-order valence-corrected chi connectivity index (χ4v) is 3.32. The minimum Gasteiger partial charge on any atom is -0.493 e. The molecule has 0 bridgehead atoms. The Morgan fingerprint density at radius 2 is 1.97 bits per heavy atom. The Bertz CT molecular complexity index is 1030. The third-order valence-electron chi connectivity index (χ3n) is 4.92. The number of hydrogen-bond donors (Lipinski definition) is 1. The van der Waals surface area contributed by atoms with Gasteiger partial charge in [-0.1, -0.05) is 37.6 Å². The Morgan fingerprint density at radius 3 is 2.58 bits per heavy atom.